The lowest BCUT2D eigenvalue weighted by Gasteiger charge is -2.22. The highest BCUT2D eigenvalue weighted by atomic mass is 16.2. The van der Waals surface area contributed by atoms with Crippen LogP contribution in [-0.2, 0) is 11.3 Å². The highest BCUT2D eigenvalue weighted by Gasteiger charge is 2.34. The fourth-order valence-corrected chi connectivity index (χ4v) is 2.27. The zero-order chi connectivity index (χ0) is 13.8. The first-order valence-electron chi connectivity index (χ1n) is 6.35. The van der Waals surface area contributed by atoms with Crippen LogP contribution in [-0.4, -0.2) is 41.3 Å². The van der Waals surface area contributed by atoms with Crippen molar-refractivity contribution in [3.05, 3.63) is 29.6 Å². The number of rotatable bonds is 3. The zero-order valence-corrected chi connectivity index (χ0v) is 10.9. The Morgan fingerprint density at radius 1 is 1.53 bits per heavy atom. The minimum absolute atomic E-state index is 0.121. The summed E-state index contributed by atoms with van der Waals surface area (Å²) in [7, 11) is 1.58. The molecule has 19 heavy (non-hydrogen) atoms. The average molecular weight is 262 g/mol. The lowest BCUT2D eigenvalue weighted by atomic mass is 10.2. The first kappa shape index (κ1) is 13.5. The van der Waals surface area contributed by atoms with Crippen LogP contribution in [0.1, 0.15) is 28.9 Å². The Morgan fingerprint density at radius 3 is 2.89 bits per heavy atom. The SMILES string of the molecule is CNC(=O)C1CCCN1C(=O)c1ccc(CN)cn1. The standard InChI is InChI=1S/C13H18N4O2/c1-15-12(18)11-3-2-6-17(11)13(19)10-5-4-9(7-14)8-16-10/h4-5,8,11H,2-3,6-7,14H2,1H3,(H,15,18). The van der Waals surface area contributed by atoms with E-state index in [4.69, 9.17) is 5.73 Å². The second-order valence-electron chi connectivity index (χ2n) is 4.53. The third kappa shape index (κ3) is 2.73. The minimum atomic E-state index is -0.381. The molecule has 1 aromatic rings. The molecule has 102 valence electrons. The van der Waals surface area contributed by atoms with Crippen LogP contribution in [0.25, 0.3) is 0 Å². The number of likely N-dealkylation sites (tertiary alicyclic amines) is 1. The van der Waals surface area contributed by atoms with Crippen molar-refractivity contribution in [2.75, 3.05) is 13.6 Å². The molecule has 1 aromatic heterocycles. The Hall–Kier alpha value is -1.95. The number of carbonyl (C=O) groups is 2. The van der Waals surface area contributed by atoms with Crippen LogP contribution in [0.15, 0.2) is 18.3 Å². The molecule has 6 heteroatoms. The maximum absolute atomic E-state index is 12.3. The van der Waals surface area contributed by atoms with Gasteiger partial charge in [0.15, 0.2) is 0 Å². The summed E-state index contributed by atoms with van der Waals surface area (Å²) >= 11 is 0. The second kappa shape index (κ2) is 5.79. The summed E-state index contributed by atoms with van der Waals surface area (Å²) in [6.07, 6.45) is 3.13. The Kier molecular flexibility index (Phi) is 4.11. The number of nitrogens with two attached hydrogens (primary N) is 1. The van der Waals surface area contributed by atoms with Crippen molar-refractivity contribution in [3.8, 4) is 0 Å². The number of amides is 2. The van der Waals surface area contributed by atoms with Gasteiger partial charge >= 0.3 is 0 Å². The zero-order valence-electron chi connectivity index (χ0n) is 10.9. The predicted octanol–water partition coefficient (Wildman–Crippen LogP) is -0.109. The number of aromatic nitrogens is 1. The highest BCUT2D eigenvalue weighted by Crippen LogP contribution is 2.19. The van der Waals surface area contributed by atoms with Crippen LogP contribution in [0.2, 0.25) is 0 Å². The number of likely N-dealkylation sites (N-methyl/N-ethyl adjacent to an activating group) is 1. The summed E-state index contributed by atoms with van der Waals surface area (Å²) in [5.74, 6) is -0.320. The molecular weight excluding hydrogens is 244 g/mol. The van der Waals surface area contributed by atoms with Gasteiger partial charge in [0, 0.05) is 26.3 Å². The minimum Gasteiger partial charge on any atom is -0.357 e. The molecule has 1 saturated heterocycles. The second-order valence-corrected chi connectivity index (χ2v) is 4.53. The number of carbonyl (C=O) groups excluding carboxylic acids is 2. The van der Waals surface area contributed by atoms with Crippen LogP contribution in [0.4, 0.5) is 0 Å². The fraction of sp³-hybridized carbons (Fsp3) is 0.462. The van der Waals surface area contributed by atoms with Crippen LogP contribution in [0.5, 0.6) is 0 Å². The van der Waals surface area contributed by atoms with Crippen molar-refractivity contribution in [2.45, 2.75) is 25.4 Å². The van der Waals surface area contributed by atoms with E-state index in [0.29, 0.717) is 25.2 Å². The smallest absolute Gasteiger partial charge is 0.273 e. The van der Waals surface area contributed by atoms with Crippen LogP contribution >= 0.6 is 0 Å². The van der Waals surface area contributed by atoms with E-state index in [1.165, 1.54) is 0 Å². The van der Waals surface area contributed by atoms with Crippen LogP contribution in [0.3, 0.4) is 0 Å². The Morgan fingerprint density at radius 2 is 2.32 bits per heavy atom. The van der Waals surface area contributed by atoms with Gasteiger partial charge < -0.3 is 16.0 Å². The van der Waals surface area contributed by atoms with Crippen molar-refractivity contribution in [3.63, 3.8) is 0 Å². The monoisotopic (exact) mass is 262 g/mol. The molecule has 2 rings (SSSR count). The molecule has 0 saturated carbocycles. The maximum Gasteiger partial charge on any atom is 0.273 e. The summed E-state index contributed by atoms with van der Waals surface area (Å²) in [5.41, 5.74) is 6.72. The average Bonchev–Trinajstić information content (AvgIpc) is 2.95. The van der Waals surface area contributed by atoms with E-state index >= 15 is 0 Å². The normalized spacial score (nSPS) is 18.4. The van der Waals surface area contributed by atoms with Gasteiger partial charge in [-0.25, -0.2) is 0 Å². The van der Waals surface area contributed by atoms with Gasteiger partial charge in [0.2, 0.25) is 5.91 Å². The van der Waals surface area contributed by atoms with Gasteiger partial charge in [-0.2, -0.15) is 0 Å². The van der Waals surface area contributed by atoms with Crippen molar-refractivity contribution in [2.24, 2.45) is 5.73 Å². The van der Waals surface area contributed by atoms with E-state index in [0.717, 1.165) is 12.0 Å². The molecule has 0 radical (unpaired) electrons. The number of hydrogen-bond donors (Lipinski definition) is 2. The molecule has 1 aliphatic rings. The van der Waals surface area contributed by atoms with E-state index in [1.807, 2.05) is 0 Å². The summed E-state index contributed by atoms with van der Waals surface area (Å²) in [5, 5.41) is 2.59. The first-order valence-corrected chi connectivity index (χ1v) is 6.35. The van der Waals surface area contributed by atoms with Gasteiger partial charge in [0.25, 0.3) is 5.91 Å². The summed E-state index contributed by atoms with van der Waals surface area (Å²) < 4.78 is 0. The summed E-state index contributed by atoms with van der Waals surface area (Å²) in [4.78, 5) is 29.7. The Labute approximate surface area is 112 Å². The molecular formula is C13H18N4O2. The molecule has 2 heterocycles. The molecule has 0 aliphatic carbocycles. The number of pyridine rings is 1. The van der Waals surface area contributed by atoms with Gasteiger partial charge in [0.1, 0.15) is 11.7 Å². The van der Waals surface area contributed by atoms with E-state index < -0.39 is 0 Å². The molecule has 0 bridgehead atoms. The number of nitrogens with zero attached hydrogens (tertiary/aromatic N) is 2. The number of nitrogens with one attached hydrogen (secondary N) is 1. The third-order valence-electron chi connectivity index (χ3n) is 3.34. The van der Waals surface area contributed by atoms with Gasteiger partial charge in [-0.05, 0) is 24.5 Å². The summed E-state index contributed by atoms with van der Waals surface area (Å²) in [6.45, 7) is 0.989. The van der Waals surface area contributed by atoms with E-state index in [9.17, 15) is 9.59 Å². The summed E-state index contributed by atoms with van der Waals surface area (Å²) in [6, 6.07) is 3.06. The first-order chi connectivity index (χ1) is 9.17. The van der Waals surface area contributed by atoms with Crippen molar-refractivity contribution in [1.29, 1.82) is 0 Å². The van der Waals surface area contributed by atoms with E-state index in [2.05, 4.69) is 10.3 Å². The molecule has 1 unspecified atom stereocenters. The van der Waals surface area contributed by atoms with Crippen molar-refractivity contribution >= 4 is 11.8 Å². The van der Waals surface area contributed by atoms with Crippen LogP contribution in [0, 0.1) is 0 Å². The predicted molar refractivity (Wildman–Crippen MR) is 70.3 cm³/mol. The molecule has 1 fully saturated rings. The number of hydrogen-bond acceptors (Lipinski definition) is 4. The third-order valence-corrected chi connectivity index (χ3v) is 3.34. The quantitative estimate of drug-likeness (QED) is 0.795. The lowest BCUT2D eigenvalue weighted by Crippen LogP contribution is -2.45. The Bertz CT molecular complexity index is 472. The van der Waals surface area contributed by atoms with Gasteiger partial charge in [-0.3, -0.25) is 14.6 Å². The van der Waals surface area contributed by atoms with Gasteiger partial charge in [0.05, 0.1) is 0 Å². The fourth-order valence-electron chi connectivity index (χ4n) is 2.27. The van der Waals surface area contributed by atoms with Gasteiger partial charge in [-0.15, -0.1) is 0 Å². The highest BCUT2D eigenvalue weighted by molar-refractivity contribution is 5.96. The van der Waals surface area contributed by atoms with Crippen LogP contribution < -0.4 is 11.1 Å². The molecule has 1 atom stereocenters. The molecule has 0 spiro atoms. The largest absolute Gasteiger partial charge is 0.357 e. The molecule has 3 N–H and O–H groups in total. The Balaban J connectivity index is 2.15. The molecule has 1 aliphatic heterocycles. The molecule has 0 aromatic carbocycles. The van der Waals surface area contributed by atoms with Crippen molar-refractivity contribution < 1.29 is 9.59 Å². The van der Waals surface area contributed by atoms with Gasteiger partial charge in [-0.1, -0.05) is 6.07 Å². The van der Waals surface area contributed by atoms with E-state index in [1.54, 1.807) is 30.3 Å². The topological polar surface area (TPSA) is 88.3 Å². The molecule has 6 nitrogen and oxygen atoms in total. The van der Waals surface area contributed by atoms with E-state index in [-0.39, 0.29) is 17.9 Å². The maximum atomic E-state index is 12.3. The van der Waals surface area contributed by atoms with Crippen molar-refractivity contribution in [1.82, 2.24) is 15.2 Å². The molecule has 2 amide bonds. The lowest BCUT2D eigenvalue weighted by molar-refractivity contribution is -0.124.